The summed E-state index contributed by atoms with van der Waals surface area (Å²) in [5.41, 5.74) is 0. The molecule has 1 N–H and O–H groups in total. The number of benzene rings is 2. The molecule has 0 aliphatic rings. The van der Waals surface area contributed by atoms with Gasteiger partial charge in [0.2, 0.25) is 5.82 Å². The molecule has 4 nitrogen and oxygen atoms in total. The van der Waals surface area contributed by atoms with E-state index in [1.807, 2.05) is 0 Å². The number of aliphatic carboxylic acids is 1. The summed E-state index contributed by atoms with van der Waals surface area (Å²) in [7, 11) is 0. The van der Waals surface area contributed by atoms with Gasteiger partial charge in [-0.3, -0.25) is 0 Å². The molecule has 0 amide bonds. The smallest absolute Gasteiger partial charge is 0.344 e. The highest BCUT2D eigenvalue weighted by atomic mass is 19.2. The minimum atomic E-state index is -1.15. The van der Waals surface area contributed by atoms with E-state index in [4.69, 9.17) is 14.6 Å². The fourth-order valence-corrected chi connectivity index (χ4v) is 1.55. The van der Waals surface area contributed by atoms with Gasteiger partial charge in [-0.2, -0.15) is 4.39 Å². The SMILES string of the molecule is CC(Oc1ccccc1Oc1cccc(F)c1F)C(=O)O. The van der Waals surface area contributed by atoms with E-state index in [0.717, 1.165) is 6.07 Å². The van der Waals surface area contributed by atoms with Crippen LogP contribution < -0.4 is 9.47 Å². The number of rotatable bonds is 5. The molecule has 0 heterocycles. The van der Waals surface area contributed by atoms with E-state index in [2.05, 4.69) is 0 Å². The normalized spacial score (nSPS) is 11.8. The van der Waals surface area contributed by atoms with E-state index in [1.165, 1.54) is 31.2 Å². The Morgan fingerprint density at radius 2 is 1.67 bits per heavy atom. The lowest BCUT2D eigenvalue weighted by atomic mass is 10.3. The predicted octanol–water partition coefficient (Wildman–Crippen LogP) is 3.61. The van der Waals surface area contributed by atoms with Crippen LogP contribution in [-0.2, 0) is 4.79 Å². The van der Waals surface area contributed by atoms with Gasteiger partial charge in [0.15, 0.2) is 29.2 Å². The van der Waals surface area contributed by atoms with Gasteiger partial charge in [0.05, 0.1) is 0 Å². The number of ether oxygens (including phenoxy) is 2. The Kier molecular flexibility index (Phi) is 4.37. The summed E-state index contributed by atoms with van der Waals surface area (Å²) in [6.07, 6.45) is -1.10. The maximum Gasteiger partial charge on any atom is 0.344 e. The zero-order valence-corrected chi connectivity index (χ0v) is 11.0. The number of halogens is 2. The second kappa shape index (κ2) is 6.21. The lowest BCUT2D eigenvalue weighted by Gasteiger charge is -2.15. The van der Waals surface area contributed by atoms with Crippen LogP contribution in [0.5, 0.6) is 17.2 Å². The molecule has 1 atom stereocenters. The number of hydrogen-bond acceptors (Lipinski definition) is 3. The first-order valence-corrected chi connectivity index (χ1v) is 6.09. The molecule has 2 aromatic rings. The number of carbonyl (C=O) groups is 1. The molecule has 0 saturated heterocycles. The Morgan fingerprint density at radius 3 is 2.33 bits per heavy atom. The van der Waals surface area contributed by atoms with E-state index >= 15 is 0 Å². The second-order valence-electron chi connectivity index (χ2n) is 4.20. The van der Waals surface area contributed by atoms with Crippen molar-refractivity contribution < 1.29 is 28.2 Å². The van der Waals surface area contributed by atoms with Crippen molar-refractivity contribution in [2.45, 2.75) is 13.0 Å². The molecule has 21 heavy (non-hydrogen) atoms. The standard InChI is InChI=1S/C15H12F2O4/c1-9(15(18)19)20-11-6-2-3-7-12(11)21-13-8-4-5-10(16)14(13)17/h2-9H,1H3,(H,18,19). The molecule has 6 heteroatoms. The van der Waals surface area contributed by atoms with Crippen LogP contribution in [0.1, 0.15) is 6.92 Å². The lowest BCUT2D eigenvalue weighted by molar-refractivity contribution is -0.144. The highest BCUT2D eigenvalue weighted by Crippen LogP contribution is 2.33. The monoisotopic (exact) mass is 294 g/mol. The summed E-state index contributed by atoms with van der Waals surface area (Å²) < 4.78 is 37.2. The lowest BCUT2D eigenvalue weighted by Crippen LogP contribution is -2.23. The van der Waals surface area contributed by atoms with Crippen molar-refractivity contribution in [3.63, 3.8) is 0 Å². The van der Waals surface area contributed by atoms with Crippen LogP contribution in [0, 0.1) is 11.6 Å². The van der Waals surface area contributed by atoms with Gasteiger partial charge in [-0.25, -0.2) is 9.18 Å². The van der Waals surface area contributed by atoms with E-state index < -0.39 is 23.7 Å². The summed E-state index contributed by atoms with van der Waals surface area (Å²) in [5.74, 6) is -3.41. The van der Waals surface area contributed by atoms with Gasteiger partial charge in [0.25, 0.3) is 0 Å². The van der Waals surface area contributed by atoms with Gasteiger partial charge in [0.1, 0.15) is 0 Å². The molecule has 0 fully saturated rings. The van der Waals surface area contributed by atoms with Gasteiger partial charge in [-0.15, -0.1) is 0 Å². The summed E-state index contributed by atoms with van der Waals surface area (Å²) in [4.78, 5) is 10.8. The van der Waals surface area contributed by atoms with Crippen LogP contribution in [0.25, 0.3) is 0 Å². The predicted molar refractivity (Wildman–Crippen MR) is 70.6 cm³/mol. The molecule has 1 unspecified atom stereocenters. The molecular formula is C15H12F2O4. The van der Waals surface area contributed by atoms with Crippen molar-refractivity contribution in [3.05, 3.63) is 54.1 Å². The molecule has 2 aromatic carbocycles. The Labute approximate surface area is 119 Å². The van der Waals surface area contributed by atoms with E-state index in [0.29, 0.717) is 0 Å². The first kappa shape index (κ1) is 14.8. The van der Waals surface area contributed by atoms with E-state index in [-0.39, 0.29) is 17.2 Å². The summed E-state index contributed by atoms with van der Waals surface area (Å²) in [5, 5.41) is 8.83. The largest absolute Gasteiger partial charge is 0.479 e. The number of hydrogen-bond donors (Lipinski definition) is 1. The third kappa shape index (κ3) is 3.47. The summed E-state index contributed by atoms with van der Waals surface area (Å²) in [6.45, 7) is 1.35. The van der Waals surface area contributed by atoms with Crippen LogP contribution in [-0.4, -0.2) is 17.2 Å². The van der Waals surface area contributed by atoms with Crippen LogP contribution in [0.2, 0.25) is 0 Å². The fraction of sp³-hybridized carbons (Fsp3) is 0.133. The summed E-state index contributed by atoms with van der Waals surface area (Å²) in [6, 6.07) is 9.69. The molecule has 0 aliphatic carbocycles. The van der Waals surface area contributed by atoms with Crippen molar-refractivity contribution in [1.82, 2.24) is 0 Å². The average Bonchev–Trinajstić information content (AvgIpc) is 2.45. The molecule has 2 rings (SSSR count). The molecule has 0 radical (unpaired) electrons. The van der Waals surface area contributed by atoms with Crippen molar-refractivity contribution in [2.24, 2.45) is 0 Å². The van der Waals surface area contributed by atoms with Crippen LogP contribution >= 0.6 is 0 Å². The number of carboxylic acids is 1. The number of para-hydroxylation sites is 2. The van der Waals surface area contributed by atoms with Gasteiger partial charge < -0.3 is 14.6 Å². The molecule has 0 aromatic heterocycles. The zero-order chi connectivity index (χ0) is 15.4. The average molecular weight is 294 g/mol. The van der Waals surface area contributed by atoms with Gasteiger partial charge in [-0.1, -0.05) is 18.2 Å². The minimum Gasteiger partial charge on any atom is -0.479 e. The zero-order valence-electron chi connectivity index (χ0n) is 11.0. The quantitative estimate of drug-likeness (QED) is 0.915. The van der Waals surface area contributed by atoms with E-state index in [9.17, 15) is 13.6 Å². The molecule has 0 saturated carbocycles. The maximum atomic E-state index is 13.6. The molecular weight excluding hydrogens is 282 g/mol. The topological polar surface area (TPSA) is 55.8 Å². The minimum absolute atomic E-state index is 0.0927. The Balaban J connectivity index is 2.28. The molecule has 0 bridgehead atoms. The van der Waals surface area contributed by atoms with Gasteiger partial charge in [0, 0.05) is 0 Å². The highest BCUT2D eigenvalue weighted by Gasteiger charge is 2.17. The fourth-order valence-electron chi connectivity index (χ4n) is 1.55. The van der Waals surface area contributed by atoms with Crippen LogP contribution in [0.4, 0.5) is 8.78 Å². The van der Waals surface area contributed by atoms with Crippen LogP contribution in [0.3, 0.4) is 0 Å². The first-order valence-electron chi connectivity index (χ1n) is 6.09. The van der Waals surface area contributed by atoms with Gasteiger partial charge >= 0.3 is 5.97 Å². The Hall–Kier alpha value is -2.63. The molecule has 0 aliphatic heterocycles. The molecule has 0 spiro atoms. The molecule has 110 valence electrons. The Bertz CT molecular complexity index is 658. The van der Waals surface area contributed by atoms with Crippen molar-refractivity contribution >= 4 is 5.97 Å². The van der Waals surface area contributed by atoms with Gasteiger partial charge in [-0.05, 0) is 31.2 Å². The highest BCUT2D eigenvalue weighted by molar-refractivity contribution is 5.72. The van der Waals surface area contributed by atoms with Crippen molar-refractivity contribution in [1.29, 1.82) is 0 Å². The summed E-state index contributed by atoms with van der Waals surface area (Å²) >= 11 is 0. The van der Waals surface area contributed by atoms with Crippen LogP contribution in [0.15, 0.2) is 42.5 Å². The third-order valence-electron chi connectivity index (χ3n) is 2.64. The number of carboxylic acid groups (broad SMARTS) is 1. The van der Waals surface area contributed by atoms with Crippen molar-refractivity contribution in [2.75, 3.05) is 0 Å². The first-order chi connectivity index (χ1) is 9.99. The van der Waals surface area contributed by atoms with E-state index in [1.54, 1.807) is 12.1 Å². The second-order valence-corrected chi connectivity index (χ2v) is 4.20. The van der Waals surface area contributed by atoms with Crippen molar-refractivity contribution in [3.8, 4) is 17.2 Å². The third-order valence-corrected chi connectivity index (χ3v) is 2.64. The maximum absolute atomic E-state index is 13.6. The Morgan fingerprint density at radius 1 is 1.05 bits per heavy atom.